The molecule has 20 heavy (non-hydrogen) atoms. The quantitative estimate of drug-likeness (QED) is 0.876. The number of aromatic nitrogens is 1. The lowest BCUT2D eigenvalue weighted by molar-refractivity contribution is 0.0981. The summed E-state index contributed by atoms with van der Waals surface area (Å²) in [5.74, 6) is -0.997. The molecular formula is C13H11ClN2O3S. The zero-order valence-electron chi connectivity index (χ0n) is 10.3. The topological polar surface area (TPSA) is 76.1 Å². The van der Waals surface area contributed by atoms with Crippen LogP contribution in [0.25, 0.3) is 0 Å². The molecule has 0 bridgehead atoms. The third-order valence-electron chi connectivity index (χ3n) is 2.43. The van der Waals surface area contributed by atoms with Crippen molar-refractivity contribution in [3.05, 3.63) is 64.9 Å². The SMILES string of the molecule is O=C(NS(=O)(=O)Cc1ccc(Cl)nc1)c1ccccc1. The molecule has 0 saturated heterocycles. The second kappa shape index (κ2) is 6.02. The maximum absolute atomic E-state index is 11.9. The van der Waals surface area contributed by atoms with Gasteiger partial charge in [0, 0.05) is 11.8 Å². The summed E-state index contributed by atoms with van der Waals surface area (Å²) in [6.07, 6.45) is 1.36. The van der Waals surface area contributed by atoms with Crippen molar-refractivity contribution in [3.63, 3.8) is 0 Å². The van der Waals surface area contributed by atoms with E-state index in [1.807, 2.05) is 4.72 Å². The van der Waals surface area contributed by atoms with Gasteiger partial charge in [-0.2, -0.15) is 0 Å². The zero-order chi connectivity index (χ0) is 14.6. The average molecular weight is 311 g/mol. The fraction of sp³-hybridized carbons (Fsp3) is 0.0769. The van der Waals surface area contributed by atoms with Gasteiger partial charge in [0.05, 0.1) is 5.75 Å². The fourth-order valence-electron chi connectivity index (χ4n) is 1.54. The molecular weight excluding hydrogens is 300 g/mol. The molecule has 0 atom stereocenters. The minimum atomic E-state index is -3.78. The molecule has 0 saturated carbocycles. The van der Waals surface area contributed by atoms with Crippen LogP contribution in [-0.4, -0.2) is 19.3 Å². The summed E-state index contributed by atoms with van der Waals surface area (Å²) in [5.41, 5.74) is 0.730. The number of sulfonamides is 1. The van der Waals surface area contributed by atoms with Gasteiger partial charge in [0.2, 0.25) is 10.0 Å². The van der Waals surface area contributed by atoms with E-state index in [1.165, 1.54) is 24.4 Å². The molecule has 5 nitrogen and oxygen atoms in total. The minimum absolute atomic E-state index is 0.277. The molecule has 104 valence electrons. The molecule has 0 radical (unpaired) electrons. The smallest absolute Gasteiger partial charge is 0.264 e. The first-order valence-corrected chi connectivity index (χ1v) is 7.69. The highest BCUT2D eigenvalue weighted by atomic mass is 35.5. The lowest BCUT2D eigenvalue weighted by Gasteiger charge is -2.06. The summed E-state index contributed by atoms with van der Waals surface area (Å²) in [6.45, 7) is 0. The number of hydrogen-bond donors (Lipinski definition) is 1. The van der Waals surface area contributed by atoms with Crippen molar-refractivity contribution in [2.75, 3.05) is 0 Å². The van der Waals surface area contributed by atoms with E-state index in [0.717, 1.165) is 0 Å². The number of hydrogen-bond acceptors (Lipinski definition) is 4. The first-order chi connectivity index (χ1) is 9.46. The van der Waals surface area contributed by atoms with Crippen molar-refractivity contribution in [1.29, 1.82) is 0 Å². The second-order valence-electron chi connectivity index (χ2n) is 4.05. The Morgan fingerprint density at radius 1 is 1.15 bits per heavy atom. The van der Waals surface area contributed by atoms with Crippen molar-refractivity contribution < 1.29 is 13.2 Å². The van der Waals surface area contributed by atoms with Crippen LogP contribution < -0.4 is 4.72 Å². The Morgan fingerprint density at radius 2 is 1.85 bits per heavy atom. The van der Waals surface area contributed by atoms with Crippen LogP contribution in [0.15, 0.2) is 48.7 Å². The summed E-state index contributed by atoms with van der Waals surface area (Å²) in [6, 6.07) is 11.2. The number of carbonyl (C=O) groups excluding carboxylic acids is 1. The van der Waals surface area contributed by atoms with Gasteiger partial charge in [-0.25, -0.2) is 18.1 Å². The second-order valence-corrected chi connectivity index (χ2v) is 6.16. The molecule has 7 heteroatoms. The number of benzene rings is 1. The largest absolute Gasteiger partial charge is 0.268 e. The van der Waals surface area contributed by atoms with Crippen LogP contribution in [0, 0.1) is 0 Å². The Kier molecular flexibility index (Phi) is 4.36. The van der Waals surface area contributed by atoms with E-state index in [2.05, 4.69) is 4.98 Å². The Hall–Kier alpha value is -1.92. The van der Waals surface area contributed by atoms with Crippen LogP contribution >= 0.6 is 11.6 Å². The number of halogens is 1. The highest BCUT2D eigenvalue weighted by Gasteiger charge is 2.16. The average Bonchev–Trinajstić information content (AvgIpc) is 2.41. The van der Waals surface area contributed by atoms with Crippen molar-refractivity contribution in [2.24, 2.45) is 0 Å². The summed E-state index contributed by atoms with van der Waals surface area (Å²) >= 11 is 5.62. The first-order valence-electron chi connectivity index (χ1n) is 5.66. The Balaban J connectivity index is 2.08. The minimum Gasteiger partial charge on any atom is -0.268 e. The number of carbonyl (C=O) groups is 1. The summed E-state index contributed by atoms with van der Waals surface area (Å²) in [5, 5.41) is 0.277. The maximum Gasteiger partial charge on any atom is 0.264 e. The van der Waals surface area contributed by atoms with Gasteiger partial charge in [0.15, 0.2) is 0 Å². The van der Waals surface area contributed by atoms with Crippen molar-refractivity contribution in [3.8, 4) is 0 Å². The number of nitrogens with one attached hydrogen (secondary N) is 1. The number of nitrogens with zero attached hydrogens (tertiary/aromatic N) is 1. The van der Waals surface area contributed by atoms with E-state index in [0.29, 0.717) is 5.56 Å². The molecule has 2 rings (SSSR count). The molecule has 0 aliphatic heterocycles. The van der Waals surface area contributed by atoms with Gasteiger partial charge in [-0.1, -0.05) is 35.9 Å². The Bertz CT molecular complexity index is 700. The molecule has 0 aliphatic rings. The van der Waals surface area contributed by atoms with Crippen LogP contribution in [0.3, 0.4) is 0 Å². The van der Waals surface area contributed by atoms with Crippen molar-refractivity contribution in [1.82, 2.24) is 9.71 Å². The predicted molar refractivity (Wildman–Crippen MR) is 75.8 cm³/mol. The van der Waals surface area contributed by atoms with E-state index >= 15 is 0 Å². The summed E-state index contributed by atoms with van der Waals surface area (Å²) in [4.78, 5) is 15.6. The van der Waals surface area contributed by atoms with Crippen molar-refractivity contribution >= 4 is 27.5 Å². The van der Waals surface area contributed by atoms with Crippen LogP contribution in [0.4, 0.5) is 0 Å². The van der Waals surface area contributed by atoms with Gasteiger partial charge in [-0.3, -0.25) is 4.79 Å². The molecule has 2 aromatic rings. The van der Waals surface area contributed by atoms with E-state index in [1.54, 1.807) is 24.3 Å². The van der Waals surface area contributed by atoms with Crippen LogP contribution in [0.1, 0.15) is 15.9 Å². The third-order valence-corrected chi connectivity index (χ3v) is 3.86. The number of pyridine rings is 1. The number of rotatable bonds is 4. The van der Waals surface area contributed by atoms with Crippen LogP contribution in [0.5, 0.6) is 0 Å². The van der Waals surface area contributed by atoms with E-state index in [4.69, 9.17) is 11.6 Å². The first kappa shape index (κ1) is 14.5. The lowest BCUT2D eigenvalue weighted by atomic mass is 10.2. The Labute approximate surface area is 121 Å². The van der Waals surface area contributed by atoms with Gasteiger partial charge in [-0.05, 0) is 23.8 Å². The molecule has 0 unspecified atom stereocenters. The van der Waals surface area contributed by atoms with Crippen LogP contribution in [0.2, 0.25) is 5.15 Å². The normalized spacial score (nSPS) is 11.1. The van der Waals surface area contributed by atoms with Crippen molar-refractivity contribution in [2.45, 2.75) is 5.75 Å². The third kappa shape index (κ3) is 4.04. The van der Waals surface area contributed by atoms with E-state index < -0.39 is 15.9 Å². The molecule has 1 amide bonds. The summed E-state index contributed by atoms with van der Waals surface area (Å²) < 4.78 is 25.8. The van der Waals surface area contributed by atoms with Gasteiger partial charge < -0.3 is 0 Å². The lowest BCUT2D eigenvalue weighted by Crippen LogP contribution is -2.31. The van der Waals surface area contributed by atoms with E-state index in [9.17, 15) is 13.2 Å². The van der Waals surface area contributed by atoms with Gasteiger partial charge in [0.1, 0.15) is 5.15 Å². The predicted octanol–water partition coefficient (Wildman–Crippen LogP) is 1.99. The van der Waals surface area contributed by atoms with Gasteiger partial charge in [0.25, 0.3) is 5.91 Å². The molecule has 0 fully saturated rings. The highest BCUT2D eigenvalue weighted by Crippen LogP contribution is 2.08. The van der Waals surface area contributed by atoms with Crippen LogP contribution in [-0.2, 0) is 15.8 Å². The zero-order valence-corrected chi connectivity index (χ0v) is 11.9. The highest BCUT2D eigenvalue weighted by molar-refractivity contribution is 7.89. The van der Waals surface area contributed by atoms with Gasteiger partial charge in [-0.15, -0.1) is 0 Å². The standard InChI is InChI=1S/C13H11ClN2O3S/c14-12-7-6-10(8-15-12)9-20(18,19)16-13(17)11-4-2-1-3-5-11/h1-8H,9H2,(H,16,17). The molecule has 1 aromatic carbocycles. The monoisotopic (exact) mass is 310 g/mol. The molecule has 1 aromatic heterocycles. The fourth-order valence-corrected chi connectivity index (χ4v) is 2.73. The summed E-state index contributed by atoms with van der Waals surface area (Å²) in [7, 11) is -3.78. The molecule has 1 heterocycles. The van der Waals surface area contributed by atoms with Gasteiger partial charge >= 0.3 is 0 Å². The molecule has 0 spiro atoms. The number of amides is 1. The Morgan fingerprint density at radius 3 is 2.45 bits per heavy atom. The van der Waals surface area contributed by atoms with E-state index in [-0.39, 0.29) is 16.5 Å². The molecule has 1 N–H and O–H groups in total. The maximum atomic E-state index is 11.9. The molecule has 0 aliphatic carbocycles.